The third-order valence-electron chi connectivity index (χ3n) is 5.78. The van der Waals surface area contributed by atoms with Gasteiger partial charge in [0.25, 0.3) is 0 Å². The van der Waals surface area contributed by atoms with Crippen LogP contribution in [0.1, 0.15) is 24.0 Å². The van der Waals surface area contributed by atoms with Crippen LogP contribution in [0.25, 0.3) is 0 Å². The molecule has 5 nitrogen and oxygen atoms in total. The molecule has 0 saturated carbocycles. The van der Waals surface area contributed by atoms with E-state index in [2.05, 4.69) is 4.90 Å². The van der Waals surface area contributed by atoms with Crippen LogP contribution >= 0.6 is 0 Å². The summed E-state index contributed by atoms with van der Waals surface area (Å²) in [6, 6.07) is 10.5. The number of rotatable bonds is 2. The van der Waals surface area contributed by atoms with E-state index in [1.54, 1.807) is 0 Å². The Morgan fingerprint density at radius 1 is 1.17 bits per heavy atom. The number of nitrogens with two attached hydrogens (primary N) is 1. The molecule has 0 fully saturated rings. The topological polar surface area (TPSA) is 101 Å². The second kappa shape index (κ2) is 7.28. The Balaban J connectivity index is 2.25. The number of allylic oxidation sites excluding steroid dienone is 2. The Morgan fingerprint density at radius 3 is 2.28 bits per heavy atom. The van der Waals surface area contributed by atoms with Gasteiger partial charge in [-0.3, -0.25) is 4.90 Å². The van der Waals surface area contributed by atoms with Gasteiger partial charge < -0.3 is 5.73 Å². The number of halogens is 3. The van der Waals surface area contributed by atoms with Gasteiger partial charge in [-0.2, -0.15) is 29.0 Å². The highest BCUT2D eigenvalue weighted by atomic mass is 19.4. The number of nitrogens with zero attached hydrogens (tertiary/aromatic N) is 4. The molecule has 0 aromatic heterocycles. The summed E-state index contributed by atoms with van der Waals surface area (Å²) in [6.45, 7) is 3.74. The molecule has 0 saturated heterocycles. The van der Waals surface area contributed by atoms with Crippen LogP contribution in [0.15, 0.2) is 47.2 Å². The number of alkyl halides is 3. The third kappa shape index (κ3) is 3.14. The predicted molar refractivity (Wildman–Crippen MR) is 98.4 cm³/mol. The zero-order chi connectivity index (χ0) is 21.4. The number of likely N-dealkylation sites (N-methyl/N-ethyl adjacent to an activating group) is 1. The maximum atomic E-state index is 13.0. The fourth-order valence-electron chi connectivity index (χ4n) is 4.25. The van der Waals surface area contributed by atoms with Crippen LogP contribution in [0.3, 0.4) is 0 Å². The second-order valence-electron chi connectivity index (χ2n) is 7.15. The van der Waals surface area contributed by atoms with E-state index < -0.39 is 29.0 Å². The molecule has 0 amide bonds. The van der Waals surface area contributed by atoms with Crippen LogP contribution in [0.2, 0.25) is 0 Å². The summed E-state index contributed by atoms with van der Waals surface area (Å²) in [7, 11) is 0. The highest BCUT2D eigenvalue weighted by molar-refractivity contribution is 5.59. The van der Waals surface area contributed by atoms with Crippen molar-refractivity contribution in [1.82, 2.24) is 4.90 Å². The molecular weight excluding hydrogens is 379 g/mol. The van der Waals surface area contributed by atoms with Gasteiger partial charge in [0.15, 0.2) is 5.41 Å². The Hall–Kier alpha value is -3.28. The number of nitriles is 3. The van der Waals surface area contributed by atoms with E-state index in [4.69, 9.17) is 5.73 Å². The summed E-state index contributed by atoms with van der Waals surface area (Å²) in [5.74, 6) is -1.21. The zero-order valence-corrected chi connectivity index (χ0v) is 15.7. The minimum Gasteiger partial charge on any atom is -0.399 e. The van der Waals surface area contributed by atoms with Crippen molar-refractivity contribution in [2.45, 2.75) is 19.0 Å². The fraction of sp³-hybridized carbons (Fsp3) is 0.381. The van der Waals surface area contributed by atoms with Crippen LogP contribution < -0.4 is 5.73 Å². The molecule has 1 aromatic rings. The average Bonchev–Trinajstić information content (AvgIpc) is 2.72. The molecule has 2 atom stereocenters. The van der Waals surface area contributed by atoms with Crippen molar-refractivity contribution in [2.24, 2.45) is 17.1 Å². The monoisotopic (exact) mass is 397 g/mol. The lowest BCUT2D eigenvalue weighted by Gasteiger charge is -2.45. The Labute approximate surface area is 166 Å². The van der Waals surface area contributed by atoms with Crippen LogP contribution in [-0.2, 0) is 6.18 Å². The standard InChI is InChI=1S/C21H18F3N5/c1-2-29-8-7-15-16(9-25)19(28)20(11-26,12-27)18(17(15)10-29)13-3-5-14(6-4-13)21(22,23)24/h3-7,17-18H,2,8,10,28H2,1H3/t17-,18-/m0/s1. The molecule has 0 spiro atoms. The van der Waals surface area contributed by atoms with Crippen LogP contribution in [0, 0.1) is 45.3 Å². The summed E-state index contributed by atoms with van der Waals surface area (Å²) < 4.78 is 39.0. The Bertz CT molecular complexity index is 985. The molecule has 3 rings (SSSR count). The van der Waals surface area contributed by atoms with E-state index >= 15 is 0 Å². The van der Waals surface area contributed by atoms with E-state index in [-0.39, 0.29) is 11.3 Å². The summed E-state index contributed by atoms with van der Waals surface area (Å²) in [6.07, 6.45) is -2.63. The Morgan fingerprint density at radius 2 is 1.79 bits per heavy atom. The van der Waals surface area contributed by atoms with Gasteiger partial charge in [0, 0.05) is 24.9 Å². The van der Waals surface area contributed by atoms with Crippen molar-refractivity contribution < 1.29 is 13.2 Å². The first kappa shape index (κ1) is 20.5. The van der Waals surface area contributed by atoms with Crippen molar-refractivity contribution >= 4 is 0 Å². The van der Waals surface area contributed by atoms with Gasteiger partial charge in [-0.1, -0.05) is 25.1 Å². The van der Waals surface area contributed by atoms with Gasteiger partial charge in [-0.05, 0) is 29.8 Å². The molecule has 0 bridgehead atoms. The molecule has 8 heteroatoms. The molecule has 0 radical (unpaired) electrons. The molecule has 2 N–H and O–H groups in total. The summed E-state index contributed by atoms with van der Waals surface area (Å²) in [5, 5.41) is 29.5. The maximum Gasteiger partial charge on any atom is 0.416 e. The highest BCUT2D eigenvalue weighted by Gasteiger charge is 2.54. The fourth-order valence-corrected chi connectivity index (χ4v) is 4.25. The van der Waals surface area contributed by atoms with Gasteiger partial charge in [0.2, 0.25) is 0 Å². The van der Waals surface area contributed by atoms with Crippen molar-refractivity contribution in [2.75, 3.05) is 19.6 Å². The summed E-state index contributed by atoms with van der Waals surface area (Å²) in [5.41, 5.74) is 4.56. The average molecular weight is 397 g/mol. The molecule has 2 aliphatic rings. The minimum absolute atomic E-state index is 0.122. The SMILES string of the molecule is CCN1CC=C2C(C#N)=C(N)C(C#N)(C#N)[C@@H](c3ccc(C(F)(F)F)cc3)[C@H]2C1. The molecule has 148 valence electrons. The predicted octanol–water partition coefficient (Wildman–Crippen LogP) is 3.45. The van der Waals surface area contributed by atoms with Gasteiger partial charge in [-0.25, -0.2) is 0 Å². The summed E-state index contributed by atoms with van der Waals surface area (Å²) >= 11 is 0. The quantitative estimate of drug-likeness (QED) is 0.824. The first-order chi connectivity index (χ1) is 13.7. The van der Waals surface area contributed by atoms with E-state index in [0.717, 1.165) is 12.1 Å². The van der Waals surface area contributed by atoms with Crippen molar-refractivity contribution in [1.29, 1.82) is 15.8 Å². The zero-order valence-electron chi connectivity index (χ0n) is 15.7. The van der Waals surface area contributed by atoms with E-state index in [0.29, 0.717) is 30.8 Å². The maximum absolute atomic E-state index is 13.0. The molecular formula is C21H18F3N5. The van der Waals surface area contributed by atoms with Crippen LogP contribution in [-0.4, -0.2) is 24.5 Å². The van der Waals surface area contributed by atoms with Gasteiger partial charge in [-0.15, -0.1) is 0 Å². The highest BCUT2D eigenvalue weighted by Crippen LogP contribution is 2.54. The van der Waals surface area contributed by atoms with Crippen molar-refractivity contribution in [3.8, 4) is 18.2 Å². The normalized spacial score (nSPS) is 24.0. The number of fused-ring (bicyclic) bond motifs is 1. The largest absolute Gasteiger partial charge is 0.416 e. The van der Waals surface area contributed by atoms with E-state index in [1.165, 1.54) is 12.1 Å². The van der Waals surface area contributed by atoms with Crippen molar-refractivity contribution in [3.05, 3.63) is 58.3 Å². The number of benzene rings is 1. The lowest BCUT2D eigenvalue weighted by atomic mass is 9.58. The molecule has 1 aliphatic heterocycles. The third-order valence-corrected chi connectivity index (χ3v) is 5.78. The second-order valence-corrected chi connectivity index (χ2v) is 7.15. The number of hydrogen-bond acceptors (Lipinski definition) is 5. The molecule has 29 heavy (non-hydrogen) atoms. The first-order valence-electron chi connectivity index (χ1n) is 9.06. The van der Waals surface area contributed by atoms with Crippen LogP contribution in [0.4, 0.5) is 13.2 Å². The molecule has 1 aromatic carbocycles. The molecule has 1 heterocycles. The smallest absolute Gasteiger partial charge is 0.399 e. The van der Waals surface area contributed by atoms with Crippen LogP contribution in [0.5, 0.6) is 0 Å². The first-order valence-corrected chi connectivity index (χ1v) is 9.06. The van der Waals surface area contributed by atoms with E-state index in [1.807, 2.05) is 31.2 Å². The van der Waals surface area contributed by atoms with Gasteiger partial charge >= 0.3 is 6.18 Å². The lowest BCUT2D eigenvalue weighted by Crippen LogP contribution is -2.48. The Kier molecular flexibility index (Phi) is 5.13. The minimum atomic E-state index is -4.49. The summed E-state index contributed by atoms with van der Waals surface area (Å²) in [4.78, 5) is 2.08. The van der Waals surface area contributed by atoms with Gasteiger partial charge in [0.05, 0.1) is 29.0 Å². The molecule has 0 unspecified atom stereocenters. The van der Waals surface area contributed by atoms with Gasteiger partial charge in [0.1, 0.15) is 6.07 Å². The molecule has 1 aliphatic carbocycles. The number of hydrogen-bond donors (Lipinski definition) is 1. The lowest BCUT2D eigenvalue weighted by molar-refractivity contribution is -0.137. The van der Waals surface area contributed by atoms with Crippen molar-refractivity contribution in [3.63, 3.8) is 0 Å². The van der Waals surface area contributed by atoms with E-state index in [9.17, 15) is 29.0 Å².